The SMILES string of the molecule is CSc1ccc(C(C)=O)c(C(F)(F)F)c1. The van der Waals surface area contributed by atoms with Gasteiger partial charge in [0.15, 0.2) is 5.78 Å². The van der Waals surface area contributed by atoms with E-state index in [9.17, 15) is 18.0 Å². The zero-order valence-corrected chi connectivity index (χ0v) is 9.00. The molecule has 0 fully saturated rings. The van der Waals surface area contributed by atoms with Gasteiger partial charge in [0, 0.05) is 10.5 Å². The van der Waals surface area contributed by atoms with E-state index in [2.05, 4.69) is 0 Å². The number of Topliss-reactive ketones (excluding diaryl/α,β-unsaturated/α-hetero) is 1. The molecule has 1 aromatic rings. The molecule has 0 saturated carbocycles. The Bertz CT molecular complexity index is 385. The van der Waals surface area contributed by atoms with Crippen LogP contribution >= 0.6 is 11.8 Å². The van der Waals surface area contributed by atoms with Crippen molar-refractivity contribution >= 4 is 17.5 Å². The van der Waals surface area contributed by atoms with Gasteiger partial charge in [0.05, 0.1) is 5.56 Å². The monoisotopic (exact) mass is 234 g/mol. The van der Waals surface area contributed by atoms with Gasteiger partial charge in [-0.25, -0.2) is 0 Å². The van der Waals surface area contributed by atoms with Crippen LogP contribution in [-0.4, -0.2) is 12.0 Å². The van der Waals surface area contributed by atoms with Crippen LogP contribution in [0.2, 0.25) is 0 Å². The van der Waals surface area contributed by atoms with Crippen LogP contribution in [0.15, 0.2) is 23.1 Å². The second-order valence-corrected chi connectivity index (χ2v) is 3.85. The van der Waals surface area contributed by atoms with E-state index in [1.54, 1.807) is 6.26 Å². The molecule has 0 aromatic heterocycles. The maximum atomic E-state index is 12.6. The number of hydrogen-bond acceptors (Lipinski definition) is 2. The third kappa shape index (κ3) is 2.75. The summed E-state index contributed by atoms with van der Waals surface area (Å²) >= 11 is 1.21. The van der Waals surface area contributed by atoms with E-state index in [4.69, 9.17) is 0 Å². The molecule has 0 aliphatic carbocycles. The molecule has 0 amide bonds. The first kappa shape index (κ1) is 12.1. The predicted molar refractivity (Wildman–Crippen MR) is 53.2 cm³/mol. The van der Waals surface area contributed by atoms with Crippen molar-refractivity contribution in [2.75, 3.05) is 6.26 Å². The molecule has 82 valence electrons. The van der Waals surface area contributed by atoms with Crippen molar-refractivity contribution in [1.82, 2.24) is 0 Å². The molecular weight excluding hydrogens is 225 g/mol. The van der Waals surface area contributed by atoms with Crippen LogP contribution in [0.25, 0.3) is 0 Å². The van der Waals surface area contributed by atoms with Crippen LogP contribution in [0.5, 0.6) is 0 Å². The van der Waals surface area contributed by atoms with E-state index in [1.807, 2.05) is 0 Å². The Morgan fingerprint density at radius 3 is 2.33 bits per heavy atom. The molecule has 0 spiro atoms. The first-order valence-electron chi connectivity index (χ1n) is 4.12. The van der Waals surface area contributed by atoms with Crippen LogP contribution in [0.3, 0.4) is 0 Å². The number of carbonyl (C=O) groups is 1. The molecule has 0 radical (unpaired) electrons. The summed E-state index contributed by atoms with van der Waals surface area (Å²) in [6.45, 7) is 1.13. The van der Waals surface area contributed by atoms with Gasteiger partial charge in [-0.15, -0.1) is 11.8 Å². The third-order valence-corrected chi connectivity index (χ3v) is 2.64. The van der Waals surface area contributed by atoms with Gasteiger partial charge >= 0.3 is 6.18 Å². The summed E-state index contributed by atoms with van der Waals surface area (Å²) in [5, 5.41) is 0. The summed E-state index contributed by atoms with van der Waals surface area (Å²) in [5.74, 6) is -0.574. The normalized spacial score (nSPS) is 11.5. The maximum absolute atomic E-state index is 12.6. The lowest BCUT2D eigenvalue weighted by Gasteiger charge is -2.11. The molecule has 1 rings (SSSR count). The van der Waals surface area contributed by atoms with Gasteiger partial charge in [-0.1, -0.05) is 0 Å². The Hall–Kier alpha value is -0.970. The molecule has 1 nitrogen and oxygen atoms in total. The van der Waals surface area contributed by atoms with Crippen LogP contribution in [0.1, 0.15) is 22.8 Å². The lowest BCUT2D eigenvalue weighted by molar-refractivity contribution is -0.138. The maximum Gasteiger partial charge on any atom is 0.417 e. The average Bonchev–Trinajstić information content (AvgIpc) is 2.15. The van der Waals surface area contributed by atoms with Gasteiger partial charge in [0.2, 0.25) is 0 Å². The molecule has 0 atom stereocenters. The van der Waals surface area contributed by atoms with Crippen molar-refractivity contribution < 1.29 is 18.0 Å². The molecule has 0 unspecified atom stereocenters. The molecule has 0 saturated heterocycles. The third-order valence-electron chi connectivity index (χ3n) is 1.91. The van der Waals surface area contributed by atoms with Crippen molar-refractivity contribution in [3.8, 4) is 0 Å². The van der Waals surface area contributed by atoms with E-state index in [0.717, 1.165) is 13.0 Å². The van der Waals surface area contributed by atoms with E-state index < -0.39 is 17.5 Å². The van der Waals surface area contributed by atoms with E-state index in [-0.39, 0.29) is 5.56 Å². The van der Waals surface area contributed by atoms with Crippen molar-refractivity contribution in [3.63, 3.8) is 0 Å². The van der Waals surface area contributed by atoms with Gasteiger partial charge < -0.3 is 0 Å². The van der Waals surface area contributed by atoms with Crippen LogP contribution < -0.4 is 0 Å². The Labute approximate surface area is 89.7 Å². The summed E-state index contributed by atoms with van der Waals surface area (Å²) < 4.78 is 37.7. The highest BCUT2D eigenvalue weighted by Gasteiger charge is 2.34. The topological polar surface area (TPSA) is 17.1 Å². The number of hydrogen-bond donors (Lipinski definition) is 0. The van der Waals surface area contributed by atoms with E-state index >= 15 is 0 Å². The summed E-state index contributed by atoms with van der Waals surface area (Å²) in [7, 11) is 0. The number of carbonyl (C=O) groups excluding carboxylic acids is 1. The molecule has 15 heavy (non-hydrogen) atoms. The molecule has 5 heteroatoms. The molecule has 1 aromatic carbocycles. The minimum Gasteiger partial charge on any atom is -0.294 e. The molecular formula is C10H9F3OS. The summed E-state index contributed by atoms with van der Waals surface area (Å²) in [4.78, 5) is 11.5. The Morgan fingerprint density at radius 2 is 1.93 bits per heavy atom. The number of benzene rings is 1. The van der Waals surface area contributed by atoms with Gasteiger partial charge in [-0.05, 0) is 31.4 Å². The minimum atomic E-state index is -4.48. The van der Waals surface area contributed by atoms with E-state index in [0.29, 0.717) is 4.90 Å². The van der Waals surface area contributed by atoms with Crippen LogP contribution in [0, 0.1) is 0 Å². The highest BCUT2D eigenvalue weighted by atomic mass is 32.2. The Balaban J connectivity index is 3.36. The lowest BCUT2D eigenvalue weighted by Crippen LogP contribution is -2.11. The smallest absolute Gasteiger partial charge is 0.294 e. The fourth-order valence-corrected chi connectivity index (χ4v) is 1.63. The lowest BCUT2D eigenvalue weighted by atomic mass is 10.0. The predicted octanol–water partition coefficient (Wildman–Crippen LogP) is 3.63. The zero-order chi connectivity index (χ0) is 11.6. The number of rotatable bonds is 2. The number of halogens is 3. The largest absolute Gasteiger partial charge is 0.417 e. The summed E-state index contributed by atoms with van der Waals surface area (Å²) in [6.07, 6.45) is -2.80. The second kappa shape index (κ2) is 4.26. The molecule has 0 heterocycles. The molecule has 0 aliphatic rings. The molecule has 0 bridgehead atoms. The minimum absolute atomic E-state index is 0.277. The van der Waals surface area contributed by atoms with Gasteiger partial charge in [-0.3, -0.25) is 4.79 Å². The zero-order valence-electron chi connectivity index (χ0n) is 8.18. The standard InChI is InChI=1S/C10H9F3OS/c1-6(14)8-4-3-7(15-2)5-9(8)10(11,12)13/h3-5H,1-2H3. The fraction of sp³-hybridized carbons (Fsp3) is 0.300. The van der Waals surface area contributed by atoms with Crippen LogP contribution in [-0.2, 0) is 6.18 Å². The van der Waals surface area contributed by atoms with Crippen molar-refractivity contribution in [2.24, 2.45) is 0 Å². The first-order chi connectivity index (χ1) is 6.86. The highest BCUT2D eigenvalue weighted by molar-refractivity contribution is 7.98. The quantitative estimate of drug-likeness (QED) is 0.574. The first-order valence-corrected chi connectivity index (χ1v) is 5.35. The average molecular weight is 234 g/mol. The molecule has 0 aliphatic heterocycles. The number of ketones is 1. The second-order valence-electron chi connectivity index (χ2n) is 2.97. The Kier molecular flexibility index (Phi) is 3.44. The number of thioether (sulfide) groups is 1. The van der Waals surface area contributed by atoms with Crippen molar-refractivity contribution in [3.05, 3.63) is 29.3 Å². The van der Waals surface area contributed by atoms with E-state index in [1.165, 1.54) is 23.9 Å². The highest BCUT2D eigenvalue weighted by Crippen LogP contribution is 2.34. The van der Waals surface area contributed by atoms with Gasteiger partial charge in [-0.2, -0.15) is 13.2 Å². The number of alkyl halides is 3. The summed E-state index contributed by atoms with van der Waals surface area (Å²) in [5.41, 5.74) is -1.14. The summed E-state index contributed by atoms with van der Waals surface area (Å²) in [6, 6.07) is 3.73. The molecule has 0 N–H and O–H groups in total. The van der Waals surface area contributed by atoms with Crippen molar-refractivity contribution in [2.45, 2.75) is 18.0 Å². The Morgan fingerprint density at radius 1 is 1.33 bits per heavy atom. The fourth-order valence-electron chi connectivity index (χ4n) is 1.19. The van der Waals surface area contributed by atoms with Crippen LogP contribution in [0.4, 0.5) is 13.2 Å². The van der Waals surface area contributed by atoms with Gasteiger partial charge in [0.25, 0.3) is 0 Å². The van der Waals surface area contributed by atoms with Crippen molar-refractivity contribution in [1.29, 1.82) is 0 Å². The van der Waals surface area contributed by atoms with Gasteiger partial charge in [0.1, 0.15) is 0 Å².